The van der Waals surface area contributed by atoms with Crippen LogP contribution >= 0.6 is 0 Å². The molecule has 0 atom stereocenters. The molecule has 1 saturated heterocycles. The third-order valence-corrected chi connectivity index (χ3v) is 4.44. The average molecular weight is 409 g/mol. The van der Waals surface area contributed by atoms with Crippen LogP contribution in [-0.4, -0.2) is 51.3 Å². The molecule has 2 aromatic carbocycles. The van der Waals surface area contributed by atoms with Crippen molar-refractivity contribution in [2.45, 2.75) is 0 Å². The molecule has 0 radical (unpaired) electrons. The van der Waals surface area contributed by atoms with Crippen LogP contribution in [0.25, 0.3) is 5.57 Å². The summed E-state index contributed by atoms with van der Waals surface area (Å²) in [6.45, 7) is 2.17. The molecule has 0 bridgehead atoms. The Labute approximate surface area is 167 Å². The molecule has 1 amide bonds. The van der Waals surface area contributed by atoms with E-state index in [-0.39, 0.29) is 11.7 Å². The molecule has 3 rings (SSSR count). The summed E-state index contributed by atoms with van der Waals surface area (Å²) in [5.74, 6) is 0.721. The Morgan fingerprint density at radius 3 is 2.14 bits per heavy atom. The zero-order chi connectivity index (χ0) is 21.2. The van der Waals surface area contributed by atoms with Crippen LogP contribution < -0.4 is 9.47 Å². The number of amides is 1. The van der Waals surface area contributed by atoms with Crippen LogP contribution in [0, 0.1) is 5.82 Å². The molecule has 1 fully saturated rings. The van der Waals surface area contributed by atoms with Crippen LogP contribution in [0.1, 0.15) is 11.1 Å². The zero-order valence-corrected chi connectivity index (χ0v) is 16.2. The van der Waals surface area contributed by atoms with E-state index in [1.54, 1.807) is 49.5 Å². The fourth-order valence-electron chi connectivity index (χ4n) is 2.97. The first kappa shape index (κ1) is 22.3. The molecule has 0 N–H and O–H groups in total. The second kappa shape index (κ2) is 11.1. The molecule has 29 heavy (non-hydrogen) atoms. The second-order valence-electron chi connectivity index (χ2n) is 6.07. The highest BCUT2D eigenvalue weighted by molar-refractivity contribution is 5.99. The molecule has 0 saturated carbocycles. The zero-order valence-electron chi connectivity index (χ0n) is 16.2. The lowest BCUT2D eigenvalue weighted by Crippen LogP contribution is -2.39. The lowest BCUT2D eigenvalue weighted by Gasteiger charge is -2.26. The third kappa shape index (κ3) is 5.74. The molecule has 1 aliphatic rings. The van der Waals surface area contributed by atoms with Crippen molar-refractivity contribution >= 4 is 11.5 Å². The Kier molecular flexibility index (Phi) is 8.54. The Morgan fingerprint density at radius 1 is 0.966 bits per heavy atom. The predicted octanol–water partition coefficient (Wildman–Crippen LogP) is 3.97. The SMILES string of the molecule is COc1ccc(/C(=C\C(=O)N2CCOCC2)c2ccc(F)cc2)cc1OC.FF. The highest BCUT2D eigenvalue weighted by Gasteiger charge is 2.18. The summed E-state index contributed by atoms with van der Waals surface area (Å²) in [6, 6.07) is 11.5. The van der Waals surface area contributed by atoms with Crippen LogP contribution in [0.15, 0.2) is 48.5 Å². The Morgan fingerprint density at radius 2 is 1.55 bits per heavy atom. The summed E-state index contributed by atoms with van der Waals surface area (Å²) in [5.41, 5.74) is 2.21. The van der Waals surface area contributed by atoms with Gasteiger partial charge in [-0.3, -0.25) is 4.79 Å². The number of carbonyl (C=O) groups is 1. The number of benzene rings is 2. The van der Waals surface area contributed by atoms with Crippen LogP contribution in [0.4, 0.5) is 13.5 Å². The van der Waals surface area contributed by atoms with Gasteiger partial charge in [0.2, 0.25) is 5.91 Å². The van der Waals surface area contributed by atoms with E-state index in [1.807, 2.05) is 6.07 Å². The van der Waals surface area contributed by atoms with Gasteiger partial charge >= 0.3 is 0 Å². The Bertz CT molecular complexity index is 834. The number of rotatable bonds is 5. The van der Waals surface area contributed by atoms with Crippen molar-refractivity contribution in [2.24, 2.45) is 0 Å². The van der Waals surface area contributed by atoms with E-state index >= 15 is 0 Å². The van der Waals surface area contributed by atoms with Gasteiger partial charge in [0, 0.05) is 28.3 Å². The number of halogens is 3. The first-order chi connectivity index (χ1) is 14.1. The molecular formula is C21H22F3NO4. The molecule has 156 valence electrons. The molecule has 0 aromatic heterocycles. The summed E-state index contributed by atoms with van der Waals surface area (Å²) in [7, 11) is 3.12. The van der Waals surface area contributed by atoms with Gasteiger partial charge in [0.1, 0.15) is 5.82 Å². The summed E-state index contributed by atoms with van der Waals surface area (Å²) in [5, 5.41) is 0. The molecule has 2 aromatic rings. The van der Waals surface area contributed by atoms with Crippen LogP contribution in [0.2, 0.25) is 0 Å². The van der Waals surface area contributed by atoms with Gasteiger partial charge in [0.25, 0.3) is 0 Å². The van der Waals surface area contributed by atoms with Crippen molar-refractivity contribution < 1.29 is 32.5 Å². The van der Waals surface area contributed by atoms with E-state index < -0.39 is 0 Å². The standard InChI is InChI=1S/C21H22FNO4.F2/c1-25-19-8-5-16(13-20(19)26-2)18(15-3-6-17(22)7-4-15)14-21(24)23-9-11-27-12-10-23;1-2/h3-8,13-14H,9-12H2,1-2H3;/b18-14-;. The van der Waals surface area contributed by atoms with E-state index in [9.17, 15) is 9.18 Å². The number of nitrogens with zero attached hydrogens (tertiary/aromatic N) is 1. The van der Waals surface area contributed by atoms with Crippen molar-refractivity contribution in [3.05, 3.63) is 65.5 Å². The molecule has 8 heteroatoms. The van der Waals surface area contributed by atoms with Gasteiger partial charge in [-0.2, -0.15) is 0 Å². The van der Waals surface area contributed by atoms with E-state index in [4.69, 9.17) is 23.4 Å². The van der Waals surface area contributed by atoms with Crippen molar-refractivity contribution in [1.82, 2.24) is 4.90 Å². The molecule has 0 spiro atoms. The van der Waals surface area contributed by atoms with Gasteiger partial charge in [0.15, 0.2) is 11.5 Å². The third-order valence-electron chi connectivity index (χ3n) is 4.44. The normalized spacial score (nSPS) is 14.0. The fourth-order valence-corrected chi connectivity index (χ4v) is 2.97. The van der Waals surface area contributed by atoms with Crippen LogP contribution in [-0.2, 0) is 9.53 Å². The van der Waals surface area contributed by atoms with Gasteiger partial charge in [-0.05, 0) is 41.0 Å². The average Bonchev–Trinajstić information content (AvgIpc) is 2.79. The lowest BCUT2D eigenvalue weighted by molar-refractivity contribution is -0.129. The van der Waals surface area contributed by atoms with E-state index in [1.165, 1.54) is 12.1 Å². The minimum absolute atomic E-state index is 0.104. The Hall–Kier alpha value is -3.00. The fraction of sp³-hybridized carbons (Fsp3) is 0.286. The van der Waals surface area contributed by atoms with Gasteiger partial charge < -0.3 is 19.1 Å². The first-order valence-corrected chi connectivity index (χ1v) is 8.83. The maximum absolute atomic E-state index is 13.4. The largest absolute Gasteiger partial charge is 0.493 e. The van der Waals surface area contributed by atoms with E-state index in [0.717, 1.165) is 11.1 Å². The van der Waals surface area contributed by atoms with Gasteiger partial charge in [0.05, 0.1) is 27.4 Å². The topological polar surface area (TPSA) is 48.0 Å². The van der Waals surface area contributed by atoms with Gasteiger partial charge in [-0.1, -0.05) is 18.2 Å². The molecule has 5 nitrogen and oxygen atoms in total. The second-order valence-corrected chi connectivity index (χ2v) is 6.07. The summed E-state index contributed by atoms with van der Waals surface area (Å²) in [6.07, 6.45) is 1.58. The Balaban J connectivity index is 0.00000145. The lowest BCUT2D eigenvalue weighted by atomic mass is 9.96. The number of hydrogen-bond acceptors (Lipinski definition) is 4. The number of methoxy groups -OCH3 is 2. The maximum atomic E-state index is 13.4. The monoisotopic (exact) mass is 409 g/mol. The number of hydrogen-bond donors (Lipinski definition) is 0. The summed E-state index contributed by atoms with van der Waals surface area (Å²) >= 11 is 0. The molecule has 0 aliphatic carbocycles. The van der Waals surface area contributed by atoms with Crippen molar-refractivity contribution in [3.8, 4) is 11.5 Å². The number of carbonyl (C=O) groups excluding carboxylic acids is 1. The number of morpholine rings is 1. The molecular weight excluding hydrogens is 387 g/mol. The van der Waals surface area contributed by atoms with Crippen molar-refractivity contribution in [1.29, 1.82) is 0 Å². The predicted molar refractivity (Wildman–Crippen MR) is 103 cm³/mol. The molecule has 1 heterocycles. The van der Waals surface area contributed by atoms with Crippen LogP contribution in [0.5, 0.6) is 11.5 Å². The summed E-state index contributed by atoms with van der Waals surface area (Å²) in [4.78, 5) is 14.5. The highest BCUT2D eigenvalue weighted by atomic mass is 20.0. The highest BCUT2D eigenvalue weighted by Crippen LogP contribution is 2.33. The van der Waals surface area contributed by atoms with Gasteiger partial charge in [-0.25, -0.2) is 4.39 Å². The smallest absolute Gasteiger partial charge is 0.247 e. The van der Waals surface area contributed by atoms with Crippen molar-refractivity contribution in [3.63, 3.8) is 0 Å². The van der Waals surface area contributed by atoms with Crippen molar-refractivity contribution in [2.75, 3.05) is 40.5 Å². The van der Waals surface area contributed by atoms with E-state index in [2.05, 4.69) is 0 Å². The summed E-state index contributed by atoms with van der Waals surface area (Å²) < 4.78 is 45.3. The quantitative estimate of drug-likeness (QED) is 0.701. The molecule has 1 aliphatic heterocycles. The number of ether oxygens (including phenoxy) is 3. The minimum Gasteiger partial charge on any atom is -0.493 e. The van der Waals surface area contributed by atoms with Gasteiger partial charge in [-0.15, -0.1) is 0 Å². The minimum atomic E-state index is -0.329. The first-order valence-electron chi connectivity index (χ1n) is 8.83. The van der Waals surface area contributed by atoms with Crippen LogP contribution in [0.3, 0.4) is 0 Å². The maximum Gasteiger partial charge on any atom is 0.247 e. The molecule has 0 unspecified atom stereocenters. The van der Waals surface area contributed by atoms with E-state index in [0.29, 0.717) is 43.4 Å².